The summed E-state index contributed by atoms with van der Waals surface area (Å²) in [4.78, 5) is 4.09. The van der Waals surface area contributed by atoms with Gasteiger partial charge in [-0.25, -0.2) is 17.2 Å². The standard InChI is InChI=1S/C15H15F2NO2S/c16-10-5-6-13(17)12(9-10)14-7-8-15(18-14)21(19,20)11-3-1-2-4-11/h5-9,11,15H,1-4H2. The smallest absolute Gasteiger partial charge is 0.179 e. The third-order valence-corrected chi connectivity index (χ3v) is 6.33. The zero-order valence-corrected chi connectivity index (χ0v) is 12.1. The van der Waals surface area contributed by atoms with Gasteiger partial charge in [0.25, 0.3) is 0 Å². The molecular formula is C15H15F2NO2S. The molecule has 112 valence electrons. The molecular weight excluding hydrogens is 296 g/mol. The molecule has 0 saturated heterocycles. The first-order chi connectivity index (χ1) is 9.98. The molecule has 1 atom stereocenters. The van der Waals surface area contributed by atoms with Gasteiger partial charge in [0.15, 0.2) is 15.2 Å². The number of benzene rings is 1. The van der Waals surface area contributed by atoms with E-state index in [1.54, 1.807) is 0 Å². The summed E-state index contributed by atoms with van der Waals surface area (Å²) < 4.78 is 51.8. The summed E-state index contributed by atoms with van der Waals surface area (Å²) in [5.74, 6) is -1.19. The highest BCUT2D eigenvalue weighted by molar-refractivity contribution is 7.92. The SMILES string of the molecule is O=S(=O)(C1CCCC1)C1C=CC(c2cc(F)ccc2F)=N1. The van der Waals surface area contributed by atoms with Crippen LogP contribution >= 0.6 is 0 Å². The third-order valence-electron chi connectivity index (χ3n) is 3.99. The van der Waals surface area contributed by atoms with Crippen molar-refractivity contribution >= 4 is 15.5 Å². The van der Waals surface area contributed by atoms with Crippen molar-refractivity contribution < 1.29 is 17.2 Å². The number of hydrogen-bond acceptors (Lipinski definition) is 3. The lowest BCUT2D eigenvalue weighted by atomic mass is 10.1. The van der Waals surface area contributed by atoms with E-state index in [1.807, 2.05) is 0 Å². The maximum absolute atomic E-state index is 13.7. The summed E-state index contributed by atoms with van der Waals surface area (Å²) in [5.41, 5.74) is 0.175. The van der Waals surface area contributed by atoms with Crippen molar-refractivity contribution in [3.8, 4) is 0 Å². The molecule has 21 heavy (non-hydrogen) atoms. The van der Waals surface area contributed by atoms with E-state index in [4.69, 9.17) is 0 Å². The molecule has 1 heterocycles. The van der Waals surface area contributed by atoms with Crippen molar-refractivity contribution in [2.75, 3.05) is 0 Å². The quantitative estimate of drug-likeness (QED) is 0.861. The lowest BCUT2D eigenvalue weighted by Gasteiger charge is -2.13. The summed E-state index contributed by atoms with van der Waals surface area (Å²) in [6.07, 6.45) is 6.05. The monoisotopic (exact) mass is 311 g/mol. The summed E-state index contributed by atoms with van der Waals surface area (Å²) in [6.45, 7) is 0. The van der Waals surface area contributed by atoms with Crippen molar-refractivity contribution in [1.29, 1.82) is 0 Å². The molecule has 1 aliphatic carbocycles. The molecule has 0 spiro atoms. The van der Waals surface area contributed by atoms with E-state index in [2.05, 4.69) is 4.99 Å². The van der Waals surface area contributed by atoms with Crippen molar-refractivity contribution in [2.24, 2.45) is 4.99 Å². The Balaban J connectivity index is 1.91. The van der Waals surface area contributed by atoms with E-state index in [1.165, 1.54) is 12.2 Å². The maximum atomic E-state index is 13.7. The third kappa shape index (κ3) is 2.64. The Kier molecular flexibility index (Phi) is 3.65. The van der Waals surface area contributed by atoms with Gasteiger partial charge in [-0.15, -0.1) is 0 Å². The molecule has 0 amide bonds. The van der Waals surface area contributed by atoms with E-state index in [0.717, 1.165) is 31.0 Å². The van der Waals surface area contributed by atoms with Crippen molar-refractivity contribution in [3.05, 3.63) is 47.5 Å². The molecule has 1 saturated carbocycles. The average Bonchev–Trinajstić information content (AvgIpc) is 3.12. The highest BCUT2D eigenvalue weighted by atomic mass is 32.2. The van der Waals surface area contributed by atoms with Crippen molar-refractivity contribution in [1.82, 2.24) is 0 Å². The minimum atomic E-state index is -3.39. The summed E-state index contributed by atoms with van der Waals surface area (Å²) in [5, 5.41) is -1.34. The van der Waals surface area contributed by atoms with Crippen LogP contribution in [0.15, 0.2) is 35.3 Å². The molecule has 1 unspecified atom stereocenters. The molecule has 0 bridgehead atoms. The second-order valence-corrected chi connectivity index (χ2v) is 7.71. The van der Waals surface area contributed by atoms with Crippen LogP contribution in [0.3, 0.4) is 0 Å². The van der Waals surface area contributed by atoms with Crippen LogP contribution in [-0.4, -0.2) is 24.8 Å². The Bertz CT molecular complexity index is 719. The number of halogens is 2. The predicted molar refractivity (Wildman–Crippen MR) is 77.0 cm³/mol. The lowest BCUT2D eigenvalue weighted by Crippen LogP contribution is -2.27. The summed E-state index contributed by atoms with van der Waals surface area (Å²) >= 11 is 0. The zero-order chi connectivity index (χ0) is 15.0. The van der Waals surface area contributed by atoms with Gasteiger partial charge in [0.05, 0.1) is 11.0 Å². The number of rotatable bonds is 3. The Labute approximate surface area is 122 Å². The molecule has 3 nitrogen and oxygen atoms in total. The maximum Gasteiger partial charge on any atom is 0.179 e. The van der Waals surface area contributed by atoms with Gasteiger partial charge < -0.3 is 0 Å². The van der Waals surface area contributed by atoms with Crippen LogP contribution < -0.4 is 0 Å². The van der Waals surface area contributed by atoms with Crippen LogP contribution in [0.1, 0.15) is 31.2 Å². The van der Waals surface area contributed by atoms with Gasteiger partial charge >= 0.3 is 0 Å². The number of aliphatic imine (C=N–C) groups is 1. The van der Waals surface area contributed by atoms with Gasteiger partial charge in [-0.1, -0.05) is 12.8 Å². The molecule has 0 aromatic heterocycles. The van der Waals surface area contributed by atoms with Crippen LogP contribution in [0.25, 0.3) is 0 Å². The number of sulfone groups is 1. The normalized spacial score (nSPS) is 22.8. The fraction of sp³-hybridized carbons (Fsp3) is 0.400. The minimum absolute atomic E-state index is 0.00429. The average molecular weight is 311 g/mol. The van der Waals surface area contributed by atoms with E-state index in [0.29, 0.717) is 12.8 Å². The molecule has 2 aliphatic rings. The molecule has 0 N–H and O–H groups in total. The molecule has 6 heteroatoms. The minimum Gasteiger partial charge on any atom is -0.261 e. The predicted octanol–water partition coefficient (Wildman–Crippen LogP) is 3.01. The van der Waals surface area contributed by atoms with Crippen molar-refractivity contribution in [3.63, 3.8) is 0 Å². The van der Waals surface area contributed by atoms with Crippen molar-refractivity contribution in [2.45, 2.75) is 36.3 Å². The number of hydrogen-bond donors (Lipinski definition) is 0. The molecule has 1 aromatic rings. The largest absolute Gasteiger partial charge is 0.261 e. The topological polar surface area (TPSA) is 46.5 Å². The Morgan fingerprint density at radius 3 is 2.57 bits per heavy atom. The van der Waals surface area contributed by atoms with E-state index in [9.17, 15) is 17.2 Å². The van der Waals surface area contributed by atoms with Crippen LogP contribution in [0.2, 0.25) is 0 Å². The number of allylic oxidation sites excluding steroid dienone is 1. The van der Waals surface area contributed by atoms with E-state index in [-0.39, 0.29) is 16.5 Å². The fourth-order valence-electron chi connectivity index (χ4n) is 2.85. The zero-order valence-electron chi connectivity index (χ0n) is 11.3. The first-order valence-electron chi connectivity index (χ1n) is 6.92. The van der Waals surface area contributed by atoms with E-state index < -0.39 is 26.8 Å². The van der Waals surface area contributed by atoms with Gasteiger partial charge in [-0.2, -0.15) is 0 Å². The van der Waals surface area contributed by atoms with Crippen LogP contribution in [0, 0.1) is 11.6 Å². The van der Waals surface area contributed by atoms with Crippen LogP contribution in [-0.2, 0) is 9.84 Å². The highest BCUT2D eigenvalue weighted by Crippen LogP contribution is 2.30. The Morgan fingerprint density at radius 2 is 1.86 bits per heavy atom. The first-order valence-corrected chi connectivity index (χ1v) is 8.53. The first kappa shape index (κ1) is 14.4. The molecule has 3 rings (SSSR count). The van der Waals surface area contributed by atoms with Gasteiger partial charge in [-0.05, 0) is 43.2 Å². The van der Waals surface area contributed by atoms with Gasteiger partial charge in [0.2, 0.25) is 0 Å². The number of nitrogens with zero attached hydrogens (tertiary/aromatic N) is 1. The lowest BCUT2D eigenvalue weighted by molar-refractivity contribution is 0.573. The summed E-state index contributed by atoms with van der Waals surface area (Å²) in [7, 11) is -3.39. The van der Waals surface area contributed by atoms with Crippen LogP contribution in [0.4, 0.5) is 8.78 Å². The molecule has 1 aromatic carbocycles. The second kappa shape index (κ2) is 5.33. The van der Waals surface area contributed by atoms with Gasteiger partial charge in [-0.3, -0.25) is 4.99 Å². The molecule has 1 aliphatic heterocycles. The fourth-order valence-corrected chi connectivity index (χ4v) is 4.79. The Morgan fingerprint density at radius 1 is 1.14 bits per heavy atom. The second-order valence-electron chi connectivity index (χ2n) is 5.38. The van der Waals surface area contributed by atoms with E-state index >= 15 is 0 Å². The molecule has 1 fully saturated rings. The van der Waals surface area contributed by atoms with Gasteiger partial charge in [0, 0.05) is 5.56 Å². The van der Waals surface area contributed by atoms with Crippen LogP contribution in [0.5, 0.6) is 0 Å². The Hall–Kier alpha value is -1.56. The van der Waals surface area contributed by atoms with Gasteiger partial charge in [0.1, 0.15) is 11.6 Å². The highest BCUT2D eigenvalue weighted by Gasteiger charge is 2.36. The molecule has 0 radical (unpaired) electrons. The summed E-state index contributed by atoms with van der Waals surface area (Å²) in [6, 6.07) is 3.06.